The van der Waals surface area contributed by atoms with Gasteiger partial charge < -0.3 is 5.11 Å². The van der Waals surface area contributed by atoms with E-state index in [1.807, 2.05) is 0 Å². The van der Waals surface area contributed by atoms with E-state index in [1.54, 1.807) is 0 Å². The molecular weight excluding hydrogens is 231 g/mol. The first-order chi connectivity index (χ1) is 8.13. The molecule has 2 rings (SSSR count). The van der Waals surface area contributed by atoms with Crippen LogP contribution in [0, 0.1) is 17.5 Å². The summed E-state index contributed by atoms with van der Waals surface area (Å²) < 4.78 is 39.7. The molecule has 0 saturated carbocycles. The van der Waals surface area contributed by atoms with E-state index in [9.17, 15) is 13.2 Å². The average molecular weight is 239 g/mol. The molecule has 0 amide bonds. The molecule has 1 aromatic heterocycles. The normalized spacial score (nSPS) is 10.6. The fourth-order valence-corrected chi connectivity index (χ4v) is 1.46. The third kappa shape index (κ3) is 2.14. The van der Waals surface area contributed by atoms with Gasteiger partial charge in [-0.1, -0.05) is 12.1 Å². The van der Waals surface area contributed by atoms with Crippen molar-refractivity contribution in [2.45, 2.75) is 6.61 Å². The molecule has 0 saturated heterocycles. The number of halogens is 3. The Morgan fingerprint density at radius 2 is 1.88 bits per heavy atom. The fourth-order valence-electron chi connectivity index (χ4n) is 1.46. The first-order valence-corrected chi connectivity index (χ1v) is 4.83. The van der Waals surface area contributed by atoms with Crippen molar-refractivity contribution in [2.24, 2.45) is 0 Å². The third-order valence-corrected chi connectivity index (χ3v) is 2.33. The van der Waals surface area contributed by atoms with Crippen LogP contribution in [-0.4, -0.2) is 10.1 Å². The molecule has 1 N–H and O–H groups in total. The highest BCUT2D eigenvalue weighted by Gasteiger charge is 2.12. The van der Waals surface area contributed by atoms with Crippen LogP contribution in [0.15, 0.2) is 30.5 Å². The summed E-state index contributed by atoms with van der Waals surface area (Å²) in [6.07, 6.45) is 1.19. The fraction of sp³-hybridized carbons (Fsp3) is 0.0833. The predicted octanol–water partition coefficient (Wildman–Crippen LogP) is 2.66. The Bertz CT molecular complexity index is 557. The van der Waals surface area contributed by atoms with Gasteiger partial charge in [0.05, 0.1) is 6.61 Å². The largest absolute Gasteiger partial charge is 0.390 e. The van der Waals surface area contributed by atoms with Crippen LogP contribution >= 0.6 is 0 Å². The highest BCUT2D eigenvalue weighted by Crippen LogP contribution is 2.24. The number of hydrogen-bond donors (Lipinski definition) is 1. The molecule has 88 valence electrons. The Hall–Kier alpha value is -1.88. The second-order valence-electron chi connectivity index (χ2n) is 3.41. The van der Waals surface area contributed by atoms with E-state index in [-0.39, 0.29) is 16.8 Å². The molecule has 0 aliphatic heterocycles. The smallest absolute Gasteiger partial charge is 0.166 e. The molecule has 0 fully saturated rings. The minimum absolute atomic E-state index is 0.0686. The number of benzene rings is 1. The Morgan fingerprint density at radius 1 is 1.12 bits per heavy atom. The minimum Gasteiger partial charge on any atom is -0.390 e. The summed E-state index contributed by atoms with van der Waals surface area (Å²) in [5, 5.41) is 8.74. The maximum absolute atomic E-state index is 13.4. The lowest BCUT2D eigenvalue weighted by atomic mass is 10.1. The zero-order chi connectivity index (χ0) is 12.4. The van der Waals surface area contributed by atoms with Gasteiger partial charge in [0.25, 0.3) is 0 Å². The molecule has 0 radical (unpaired) electrons. The van der Waals surface area contributed by atoms with Crippen LogP contribution in [0.2, 0.25) is 0 Å². The lowest BCUT2D eigenvalue weighted by Gasteiger charge is -2.05. The number of nitrogens with zero attached hydrogens (tertiary/aromatic N) is 1. The highest BCUT2D eigenvalue weighted by atomic mass is 19.2. The van der Waals surface area contributed by atoms with Crippen molar-refractivity contribution in [1.82, 2.24) is 4.98 Å². The van der Waals surface area contributed by atoms with Crippen molar-refractivity contribution in [2.75, 3.05) is 0 Å². The lowest BCUT2D eigenvalue weighted by Crippen LogP contribution is -1.96. The summed E-state index contributed by atoms with van der Waals surface area (Å²) in [5.41, 5.74) is -0.0804. The molecule has 17 heavy (non-hydrogen) atoms. The van der Waals surface area contributed by atoms with Crippen LogP contribution < -0.4 is 0 Å². The van der Waals surface area contributed by atoms with E-state index in [1.165, 1.54) is 18.3 Å². The molecule has 0 aliphatic rings. The number of aromatic nitrogens is 1. The molecule has 1 aromatic carbocycles. The van der Waals surface area contributed by atoms with Gasteiger partial charge >= 0.3 is 0 Å². The predicted molar refractivity (Wildman–Crippen MR) is 55.5 cm³/mol. The molecule has 0 spiro atoms. The molecular formula is C12H8F3NO. The third-order valence-electron chi connectivity index (χ3n) is 2.33. The Labute approximate surface area is 95.4 Å². The molecule has 0 atom stereocenters. The summed E-state index contributed by atoms with van der Waals surface area (Å²) in [6.45, 7) is -0.544. The van der Waals surface area contributed by atoms with E-state index < -0.39 is 24.1 Å². The monoisotopic (exact) mass is 239 g/mol. The van der Waals surface area contributed by atoms with Crippen LogP contribution in [-0.2, 0) is 6.61 Å². The molecule has 2 aromatic rings. The van der Waals surface area contributed by atoms with Crippen LogP contribution in [0.5, 0.6) is 0 Å². The van der Waals surface area contributed by atoms with Crippen molar-refractivity contribution in [1.29, 1.82) is 0 Å². The standard InChI is InChI=1S/C12H8F3NO/c13-9-3-1-2-8(12(9)15)7-4-10(14)11(6-17)16-5-7/h1-5,17H,6H2. The van der Waals surface area contributed by atoms with Gasteiger partial charge in [-0.3, -0.25) is 4.98 Å². The maximum Gasteiger partial charge on any atom is 0.166 e. The van der Waals surface area contributed by atoms with Crippen molar-refractivity contribution >= 4 is 0 Å². The van der Waals surface area contributed by atoms with Crippen LogP contribution in [0.1, 0.15) is 5.69 Å². The first-order valence-electron chi connectivity index (χ1n) is 4.83. The number of rotatable bonds is 2. The summed E-state index contributed by atoms with van der Waals surface area (Å²) >= 11 is 0. The second kappa shape index (κ2) is 4.55. The summed E-state index contributed by atoms with van der Waals surface area (Å²) in [7, 11) is 0. The molecule has 5 heteroatoms. The maximum atomic E-state index is 13.4. The SMILES string of the molecule is OCc1ncc(-c2cccc(F)c2F)cc1F. The number of aliphatic hydroxyl groups is 1. The molecule has 2 nitrogen and oxygen atoms in total. The van der Waals surface area contributed by atoms with Crippen molar-refractivity contribution in [3.63, 3.8) is 0 Å². The summed E-state index contributed by atoms with van der Waals surface area (Å²) in [4.78, 5) is 3.63. The number of aliphatic hydroxyl groups excluding tert-OH is 1. The average Bonchev–Trinajstić information content (AvgIpc) is 2.32. The quantitative estimate of drug-likeness (QED) is 0.873. The second-order valence-corrected chi connectivity index (χ2v) is 3.41. The van der Waals surface area contributed by atoms with Gasteiger partial charge in [0.1, 0.15) is 11.5 Å². The Kier molecular flexibility index (Phi) is 3.10. The molecule has 0 bridgehead atoms. The van der Waals surface area contributed by atoms with Crippen LogP contribution in [0.3, 0.4) is 0 Å². The molecule has 0 unspecified atom stereocenters. The van der Waals surface area contributed by atoms with E-state index >= 15 is 0 Å². The zero-order valence-electron chi connectivity index (χ0n) is 8.62. The van der Waals surface area contributed by atoms with Gasteiger partial charge in [-0.25, -0.2) is 13.2 Å². The Balaban J connectivity index is 2.54. The number of hydrogen-bond acceptors (Lipinski definition) is 2. The van der Waals surface area contributed by atoms with Crippen LogP contribution in [0.25, 0.3) is 11.1 Å². The van der Waals surface area contributed by atoms with Crippen molar-refractivity contribution in [3.8, 4) is 11.1 Å². The van der Waals surface area contributed by atoms with E-state index in [0.29, 0.717) is 0 Å². The topological polar surface area (TPSA) is 33.1 Å². The van der Waals surface area contributed by atoms with Gasteiger partial charge in [0, 0.05) is 17.3 Å². The van der Waals surface area contributed by atoms with Gasteiger partial charge in [-0.2, -0.15) is 0 Å². The first kappa shape index (κ1) is 11.6. The minimum atomic E-state index is -1.05. The van der Waals surface area contributed by atoms with Crippen LogP contribution in [0.4, 0.5) is 13.2 Å². The summed E-state index contributed by atoms with van der Waals surface area (Å²) in [5.74, 6) is -2.81. The number of pyridine rings is 1. The summed E-state index contributed by atoms with van der Waals surface area (Å²) in [6, 6.07) is 4.64. The zero-order valence-corrected chi connectivity index (χ0v) is 8.62. The van der Waals surface area contributed by atoms with Crippen molar-refractivity contribution in [3.05, 3.63) is 53.6 Å². The molecule has 1 heterocycles. The van der Waals surface area contributed by atoms with Gasteiger partial charge in [0.15, 0.2) is 11.6 Å². The van der Waals surface area contributed by atoms with E-state index in [2.05, 4.69) is 4.98 Å². The van der Waals surface area contributed by atoms with Crippen molar-refractivity contribution < 1.29 is 18.3 Å². The lowest BCUT2D eigenvalue weighted by molar-refractivity contribution is 0.270. The molecule has 0 aliphatic carbocycles. The van der Waals surface area contributed by atoms with Gasteiger partial charge in [0.2, 0.25) is 0 Å². The van der Waals surface area contributed by atoms with E-state index in [0.717, 1.165) is 12.1 Å². The van der Waals surface area contributed by atoms with E-state index in [4.69, 9.17) is 5.11 Å². The Morgan fingerprint density at radius 3 is 2.53 bits per heavy atom. The van der Waals surface area contributed by atoms with Gasteiger partial charge in [-0.05, 0) is 12.1 Å². The van der Waals surface area contributed by atoms with Gasteiger partial charge in [-0.15, -0.1) is 0 Å². The highest BCUT2D eigenvalue weighted by molar-refractivity contribution is 5.63.